The van der Waals surface area contributed by atoms with Gasteiger partial charge >= 0.3 is 0 Å². The zero-order valence-corrected chi connectivity index (χ0v) is 17.1. The number of hydrogen-bond acceptors (Lipinski definition) is 3. The molecule has 0 bridgehead atoms. The molecule has 0 aliphatic rings. The third kappa shape index (κ3) is 4.07. The molecule has 0 fully saturated rings. The maximum absolute atomic E-state index is 13.5. The van der Waals surface area contributed by atoms with Crippen LogP contribution in [0.2, 0.25) is 0 Å². The Kier molecular flexibility index (Phi) is 5.68. The smallest absolute Gasteiger partial charge is 0.270 e. The van der Waals surface area contributed by atoms with E-state index in [0.29, 0.717) is 34.3 Å². The topological polar surface area (TPSA) is 77.2 Å². The third-order valence-corrected chi connectivity index (χ3v) is 5.37. The standard InChI is InChI=1S/C24H19F2N3O3/c1-15-23(24(30)27-13-17-7-9-20(25)21(26)11-17)19-12-18(29(31)32)8-10-22(19)28(15)14-16-5-3-2-4-6-16/h2-12H,13-14H2,1H3,(H,27,30). The molecular formula is C24H19F2N3O3. The summed E-state index contributed by atoms with van der Waals surface area (Å²) in [5.74, 6) is -2.42. The molecule has 0 saturated heterocycles. The summed E-state index contributed by atoms with van der Waals surface area (Å²) in [4.78, 5) is 23.9. The molecule has 0 aliphatic carbocycles. The van der Waals surface area contributed by atoms with Crippen LogP contribution in [0.15, 0.2) is 66.7 Å². The van der Waals surface area contributed by atoms with Crippen LogP contribution in [-0.4, -0.2) is 15.4 Å². The monoisotopic (exact) mass is 435 g/mol. The van der Waals surface area contributed by atoms with Gasteiger partial charge in [0.2, 0.25) is 0 Å². The van der Waals surface area contributed by atoms with Crippen LogP contribution in [-0.2, 0) is 13.1 Å². The van der Waals surface area contributed by atoms with E-state index in [1.165, 1.54) is 18.2 Å². The Hall–Kier alpha value is -4.07. The fourth-order valence-electron chi connectivity index (χ4n) is 3.76. The number of rotatable bonds is 6. The fourth-order valence-corrected chi connectivity index (χ4v) is 3.76. The maximum atomic E-state index is 13.5. The van der Waals surface area contributed by atoms with Gasteiger partial charge in [-0.15, -0.1) is 0 Å². The quantitative estimate of drug-likeness (QED) is 0.338. The number of fused-ring (bicyclic) bond motifs is 1. The summed E-state index contributed by atoms with van der Waals surface area (Å²) < 4.78 is 28.6. The summed E-state index contributed by atoms with van der Waals surface area (Å²) in [6.45, 7) is 2.24. The zero-order chi connectivity index (χ0) is 22.8. The number of nitro groups is 1. The molecule has 0 saturated carbocycles. The first-order valence-electron chi connectivity index (χ1n) is 9.88. The van der Waals surface area contributed by atoms with Crippen molar-refractivity contribution in [3.8, 4) is 0 Å². The van der Waals surface area contributed by atoms with Crippen LogP contribution in [0, 0.1) is 28.7 Å². The minimum absolute atomic E-state index is 0.0181. The van der Waals surface area contributed by atoms with Crippen LogP contribution in [0.5, 0.6) is 0 Å². The molecule has 4 aromatic rings. The van der Waals surface area contributed by atoms with Gasteiger partial charge in [-0.3, -0.25) is 14.9 Å². The van der Waals surface area contributed by atoms with Crippen LogP contribution in [0.25, 0.3) is 10.9 Å². The van der Waals surface area contributed by atoms with E-state index in [1.807, 2.05) is 34.9 Å². The first-order valence-corrected chi connectivity index (χ1v) is 9.88. The normalized spacial score (nSPS) is 11.0. The van der Waals surface area contributed by atoms with Gasteiger partial charge in [-0.2, -0.15) is 0 Å². The van der Waals surface area contributed by atoms with Crippen LogP contribution in [0.1, 0.15) is 27.2 Å². The fraction of sp³-hybridized carbons (Fsp3) is 0.125. The lowest BCUT2D eigenvalue weighted by molar-refractivity contribution is -0.384. The van der Waals surface area contributed by atoms with E-state index >= 15 is 0 Å². The molecule has 3 aromatic carbocycles. The minimum Gasteiger partial charge on any atom is -0.348 e. The van der Waals surface area contributed by atoms with Crippen molar-refractivity contribution in [2.24, 2.45) is 0 Å². The molecule has 4 rings (SSSR count). The number of amides is 1. The summed E-state index contributed by atoms with van der Waals surface area (Å²) >= 11 is 0. The second kappa shape index (κ2) is 8.58. The highest BCUT2D eigenvalue weighted by Gasteiger charge is 2.22. The van der Waals surface area contributed by atoms with E-state index in [2.05, 4.69) is 5.32 Å². The predicted molar refractivity (Wildman–Crippen MR) is 116 cm³/mol. The Morgan fingerprint density at radius 2 is 1.75 bits per heavy atom. The number of aromatic nitrogens is 1. The van der Waals surface area contributed by atoms with Crippen molar-refractivity contribution in [1.29, 1.82) is 0 Å². The Balaban J connectivity index is 1.73. The highest BCUT2D eigenvalue weighted by atomic mass is 19.2. The van der Waals surface area contributed by atoms with Crippen LogP contribution < -0.4 is 5.32 Å². The summed E-state index contributed by atoms with van der Waals surface area (Å²) in [5, 5.41) is 14.5. The van der Waals surface area contributed by atoms with Gasteiger partial charge < -0.3 is 9.88 Å². The number of non-ortho nitro benzene ring substituents is 1. The Bertz CT molecular complexity index is 1330. The van der Waals surface area contributed by atoms with E-state index in [9.17, 15) is 23.7 Å². The van der Waals surface area contributed by atoms with Gasteiger partial charge in [-0.1, -0.05) is 36.4 Å². The first-order chi connectivity index (χ1) is 15.3. The van der Waals surface area contributed by atoms with Crippen molar-refractivity contribution < 1.29 is 18.5 Å². The maximum Gasteiger partial charge on any atom is 0.270 e. The zero-order valence-electron chi connectivity index (χ0n) is 17.1. The van der Waals surface area contributed by atoms with Crippen molar-refractivity contribution in [1.82, 2.24) is 9.88 Å². The van der Waals surface area contributed by atoms with Crippen molar-refractivity contribution in [2.75, 3.05) is 0 Å². The first kappa shape index (κ1) is 21.2. The van der Waals surface area contributed by atoms with Gasteiger partial charge in [0.25, 0.3) is 11.6 Å². The highest BCUT2D eigenvalue weighted by Crippen LogP contribution is 2.30. The number of carbonyl (C=O) groups is 1. The number of nitrogens with one attached hydrogen (secondary N) is 1. The van der Waals surface area contributed by atoms with E-state index in [0.717, 1.165) is 17.7 Å². The molecular weight excluding hydrogens is 416 g/mol. The molecule has 32 heavy (non-hydrogen) atoms. The molecule has 0 aliphatic heterocycles. The molecule has 0 spiro atoms. The number of benzene rings is 3. The lowest BCUT2D eigenvalue weighted by atomic mass is 10.1. The molecule has 0 radical (unpaired) electrons. The Morgan fingerprint density at radius 1 is 1.00 bits per heavy atom. The molecule has 6 nitrogen and oxygen atoms in total. The largest absolute Gasteiger partial charge is 0.348 e. The van der Waals surface area contributed by atoms with E-state index in [-0.39, 0.29) is 12.2 Å². The third-order valence-electron chi connectivity index (χ3n) is 5.37. The average Bonchev–Trinajstić information content (AvgIpc) is 3.05. The number of nitrogens with zero attached hydrogens (tertiary/aromatic N) is 2. The number of nitro benzene ring substituents is 1. The van der Waals surface area contributed by atoms with Crippen LogP contribution >= 0.6 is 0 Å². The van der Waals surface area contributed by atoms with Gasteiger partial charge in [0.15, 0.2) is 11.6 Å². The molecule has 1 heterocycles. The summed E-state index contributed by atoms with van der Waals surface area (Å²) in [6.07, 6.45) is 0. The SMILES string of the molecule is Cc1c(C(=O)NCc2ccc(F)c(F)c2)c2cc([N+](=O)[O-])ccc2n1Cc1ccccc1. The molecule has 8 heteroatoms. The molecule has 1 amide bonds. The second-order valence-electron chi connectivity index (χ2n) is 7.42. The minimum atomic E-state index is -0.997. The van der Waals surface area contributed by atoms with Gasteiger partial charge in [-0.05, 0) is 36.2 Å². The van der Waals surface area contributed by atoms with E-state index in [4.69, 9.17) is 0 Å². The average molecular weight is 435 g/mol. The summed E-state index contributed by atoms with van der Waals surface area (Å²) in [5.41, 5.74) is 2.93. The molecule has 0 atom stereocenters. The number of hydrogen-bond donors (Lipinski definition) is 1. The van der Waals surface area contributed by atoms with Crippen molar-refractivity contribution in [3.05, 3.63) is 111 Å². The van der Waals surface area contributed by atoms with Gasteiger partial charge in [0.1, 0.15) is 0 Å². The molecule has 1 aromatic heterocycles. The van der Waals surface area contributed by atoms with E-state index < -0.39 is 22.5 Å². The Morgan fingerprint density at radius 3 is 2.44 bits per heavy atom. The van der Waals surface area contributed by atoms with Gasteiger partial charge in [0.05, 0.1) is 10.5 Å². The number of halogens is 2. The lowest BCUT2D eigenvalue weighted by Gasteiger charge is -2.09. The molecule has 162 valence electrons. The highest BCUT2D eigenvalue weighted by molar-refractivity contribution is 6.09. The lowest BCUT2D eigenvalue weighted by Crippen LogP contribution is -2.23. The molecule has 0 unspecified atom stereocenters. The Labute approximate surface area is 182 Å². The summed E-state index contributed by atoms with van der Waals surface area (Å²) in [6, 6.07) is 17.5. The van der Waals surface area contributed by atoms with Crippen LogP contribution in [0.3, 0.4) is 0 Å². The van der Waals surface area contributed by atoms with E-state index in [1.54, 1.807) is 13.0 Å². The molecule has 1 N–H and O–H groups in total. The van der Waals surface area contributed by atoms with Crippen molar-refractivity contribution in [2.45, 2.75) is 20.0 Å². The van der Waals surface area contributed by atoms with Gasteiger partial charge in [0, 0.05) is 41.8 Å². The van der Waals surface area contributed by atoms with Gasteiger partial charge in [-0.25, -0.2) is 8.78 Å². The summed E-state index contributed by atoms with van der Waals surface area (Å²) in [7, 11) is 0. The van der Waals surface area contributed by atoms with Crippen LogP contribution in [0.4, 0.5) is 14.5 Å². The second-order valence-corrected chi connectivity index (χ2v) is 7.42. The predicted octanol–water partition coefficient (Wildman–Crippen LogP) is 5.11. The van der Waals surface area contributed by atoms with Crippen molar-refractivity contribution >= 4 is 22.5 Å². The van der Waals surface area contributed by atoms with Crippen molar-refractivity contribution in [3.63, 3.8) is 0 Å². The number of carbonyl (C=O) groups excluding carboxylic acids is 1.